The molecule has 9 heteroatoms. The molecule has 1 aliphatic heterocycles. The normalized spacial score (nSPS) is 17.7. The molecule has 0 saturated carbocycles. The molecule has 0 radical (unpaired) electrons. The van der Waals surface area contributed by atoms with E-state index < -0.39 is 29.4 Å². The van der Waals surface area contributed by atoms with Gasteiger partial charge in [0, 0.05) is 19.4 Å². The van der Waals surface area contributed by atoms with Gasteiger partial charge in [-0.15, -0.1) is 0 Å². The highest BCUT2D eigenvalue weighted by molar-refractivity contribution is 5.74. The Morgan fingerprint density at radius 2 is 2.13 bits per heavy atom. The molecule has 1 aromatic rings. The first-order valence-corrected chi connectivity index (χ1v) is 7.14. The Morgan fingerprint density at radius 1 is 1.48 bits per heavy atom. The van der Waals surface area contributed by atoms with Crippen LogP contribution >= 0.6 is 0 Å². The average Bonchev–Trinajstić information content (AvgIpc) is 2.52. The first-order valence-electron chi connectivity index (χ1n) is 7.14. The fraction of sp³-hybridized carbons (Fsp3) is 0.643. The van der Waals surface area contributed by atoms with E-state index in [9.17, 15) is 22.8 Å². The van der Waals surface area contributed by atoms with E-state index in [4.69, 9.17) is 4.74 Å². The smallest absolute Gasteiger partial charge is 0.434 e. The molecule has 0 aliphatic carbocycles. The van der Waals surface area contributed by atoms with Gasteiger partial charge in [-0.25, -0.2) is 9.78 Å². The number of aromatic nitrogens is 2. The Kier molecular flexibility index (Phi) is 5.40. The molecule has 1 aromatic heterocycles. The number of hydrogen-bond donors (Lipinski definition) is 0. The van der Waals surface area contributed by atoms with Gasteiger partial charge in [0.05, 0.1) is 13.3 Å². The van der Waals surface area contributed by atoms with Crippen molar-refractivity contribution in [2.75, 3.05) is 20.3 Å². The van der Waals surface area contributed by atoms with Gasteiger partial charge in [0.15, 0.2) is 5.69 Å². The van der Waals surface area contributed by atoms with Crippen LogP contribution in [0.1, 0.15) is 31.0 Å². The minimum Gasteiger partial charge on any atom is -0.467 e. The van der Waals surface area contributed by atoms with Crippen molar-refractivity contribution in [1.29, 1.82) is 0 Å². The highest BCUT2D eigenvalue weighted by Crippen LogP contribution is 2.29. The van der Waals surface area contributed by atoms with Crippen LogP contribution in [0.5, 0.6) is 0 Å². The van der Waals surface area contributed by atoms with Crippen molar-refractivity contribution in [2.45, 2.75) is 31.5 Å². The summed E-state index contributed by atoms with van der Waals surface area (Å²) in [5, 5.41) is 0. The van der Waals surface area contributed by atoms with Gasteiger partial charge in [-0.05, 0) is 25.2 Å². The lowest BCUT2D eigenvalue weighted by atomic mass is 9.92. The highest BCUT2D eigenvalue weighted by atomic mass is 19.4. The number of carbonyl (C=O) groups is 1. The summed E-state index contributed by atoms with van der Waals surface area (Å²) in [5.74, 6) is -0.680. The van der Waals surface area contributed by atoms with E-state index in [2.05, 4.69) is 9.72 Å². The number of nitrogens with zero attached hydrogens (tertiary/aromatic N) is 2. The van der Waals surface area contributed by atoms with Crippen molar-refractivity contribution in [3.05, 3.63) is 28.4 Å². The van der Waals surface area contributed by atoms with Crippen LogP contribution in [-0.2, 0) is 20.4 Å². The van der Waals surface area contributed by atoms with Gasteiger partial charge >= 0.3 is 12.1 Å². The molecule has 0 unspecified atom stereocenters. The number of carbonyl (C=O) groups excluding carboxylic acids is 1. The van der Waals surface area contributed by atoms with E-state index in [1.165, 1.54) is 0 Å². The maximum absolute atomic E-state index is 12.8. The quantitative estimate of drug-likeness (QED) is 0.785. The first-order chi connectivity index (χ1) is 10.8. The van der Waals surface area contributed by atoms with Gasteiger partial charge in [0.2, 0.25) is 0 Å². The predicted octanol–water partition coefficient (Wildman–Crippen LogP) is 1.79. The van der Waals surface area contributed by atoms with E-state index in [0.29, 0.717) is 38.4 Å². The molecule has 23 heavy (non-hydrogen) atoms. The van der Waals surface area contributed by atoms with E-state index in [0.717, 1.165) is 11.7 Å². The van der Waals surface area contributed by atoms with Crippen LogP contribution < -0.4 is 5.56 Å². The summed E-state index contributed by atoms with van der Waals surface area (Å²) >= 11 is 0. The Hall–Kier alpha value is -1.90. The summed E-state index contributed by atoms with van der Waals surface area (Å²) in [7, 11) is 1.14. The lowest BCUT2D eigenvalue weighted by Crippen LogP contribution is -2.34. The lowest BCUT2D eigenvalue weighted by Gasteiger charge is -2.26. The van der Waals surface area contributed by atoms with Crippen LogP contribution in [0.3, 0.4) is 0 Å². The van der Waals surface area contributed by atoms with Gasteiger partial charge in [0.25, 0.3) is 5.56 Å². The Labute approximate surface area is 130 Å². The Balaban J connectivity index is 2.34. The van der Waals surface area contributed by atoms with Gasteiger partial charge in [-0.3, -0.25) is 9.36 Å². The highest BCUT2D eigenvalue weighted by Gasteiger charge is 2.35. The van der Waals surface area contributed by atoms with Crippen LogP contribution in [0.4, 0.5) is 13.2 Å². The first kappa shape index (κ1) is 17.5. The molecule has 2 heterocycles. The Bertz CT molecular complexity index is 609. The van der Waals surface area contributed by atoms with Gasteiger partial charge in [-0.1, -0.05) is 0 Å². The molecule has 0 aromatic carbocycles. The minimum absolute atomic E-state index is 0.0715. The van der Waals surface area contributed by atoms with Crippen LogP contribution in [0.15, 0.2) is 17.2 Å². The molecule has 1 aliphatic rings. The van der Waals surface area contributed by atoms with Crippen LogP contribution in [0.2, 0.25) is 0 Å². The largest absolute Gasteiger partial charge is 0.467 e. The fourth-order valence-electron chi connectivity index (χ4n) is 2.57. The predicted molar refractivity (Wildman–Crippen MR) is 72.7 cm³/mol. The van der Waals surface area contributed by atoms with Crippen molar-refractivity contribution >= 4 is 5.97 Å². The molecule has 1 fully saturated rings. The van der Waals surface area contributed by atoms with E-state index in [-0.39, 0.29) is 12.3 Å². The summed E-state index contributed by atoms with van der Waals surface area (Å²) in [6.07, 6.45) is -1.98. The topological polar surface area (TPSA) is 70.4 Å². The standard InChI is InChI=1S/C14H17F3N2O4/c1-22-13(21)10(6-9-2-4-23-5-3-9)19-8-11(14(15,16)17)18-7-12(19)20/h7-10H,2-6H2,1H3/t10-/m0/s1. The zero-order chi connectivity index (χ0) is 17.0. The van der Waals surface area contributed by atoms with E-state index in [1.54, 1.807) is 0 Å². The number of halogens is 3. The summed E-state index contributed by atoms with van der Waals surface area (Å²) in [6, 6.07) is -1.11. The van der Waals surface area contributed by atoms with Crippen LogP contribution in [0.25, 0.3) is 0 Å². The average molecular weight is 334 g/mol. The van der Waals surface area contributed by atoms with E-state index >= 15 is 0 Å². The van der Waals surface area contributed by atoms with E-state index in [1.807, 2.05) is 0 Å². The zero-order valence-corrected chi connectivity index (χ0v) is 12.5. The maximum atomic E-state index is 12.8. The summed E-state index contributed by atoms with van der Waals surface area (Å²) in [6.45, 7) is 1.05. The third-order valence-electron chi connectivity index (χ3n) is 3.83. The van der Waals surface area contributed by atoms with Crippen molar-refractivity contribution in [3.63, 3.8) is 0 Å². The van der Waals surface area contributed by atoms with Crippen molar-refractivity contribution in [1.82, 2.24) is 9.55 Å². The molecule has 1 saturated heterocycles. The second-order valence-electron chi connectivity index (χ2n) is 5.35. The third-order valence-corrected chi connectivity index (χ3v) is 3.83. The second kappa shape index (κ2) is 7.12. The molecule has 128 valence electrons. The number of rotatable bonds is 4. The molecule has 0 bridgehead atoms. The van der Waals surface area contributed by atoms with Crippen LogP contribution in [-0.4, -0.2) is 35.8 Å². The molecular weight excluding hydrogens is 317 g/mol. The van der Waals surface area contributed by atoms with Gasteiger partial charge in [-0.2, -0.15) is 13.2 Å². The second-order valence-corrected chi connectivity index (χ2v) is 5.35. The molecule has 1 atom stereocenters. The van der Waals surface area contributed by atoms with Gasteiger partial charge in [0.1, 0.15) is 6.04 Å². The maximum Gasteiger partial charge on any atom is 0.434 e. The van der Waals surface area contributed by atoms with Crippen molar-refractivity contribution in [3.8, 4) is 0 Å². The monoisotopic (exact) mass is 334 g/mol. The molecule has 2 rings (SSSR count). The number of esters is 1. The third kappa shape index (κ3) is 4.31. The molecule has 0 amide bonds. The molecular formula is C14H17F3N2O4. The van der Waals surface area contributed by atoms with Crippen molar-refractivity contribution in [2.24, 2.45) is 5.92 Å². The van der Waals surface area contributed by atoms with Crippen LogP contribution in [0, 0.1) is 5.92 Å². The number of alkyl halides is 3. The summed E-state index contributed by atoms with van der Waals surface area (Å²) in [5.41, 5.74) is -2.00. The number of methoxy groups -OCH3 is 1. The summed E-state index contributed by atoms with van der Waals surface area (Å²) in [4.78, 5) is 27.0. The Morgan fingerprint density at radius 3 is 2.70 bits per heavy atom. The zero-order valence-electron chi connectivity index (χ0n) is 12.5. The SMILES string of the molecule is COC(=O)[C@H](CC1CCOCC1)n1cc(C(F)(F)F)ncc1=O. The number of hydrogen-bond acceptors (Lipinski definition) is 5. The summed E-state index contributed by atoms with van der Waals surface area (Å²) < 4.78 is 49.0. The minimum atomic E-state index is -4.70. The van der Waals surface area contributed by atoms with Gasteiger partial charge < -0.3 is 9.47 Å². The molecule has 0 spiro atoms. The lowest BCUT2D eigenvalue weighted by molar-refractivity contribution is -0.147. The number of ether oxygens (including phenoxy) is 2. The van der Waals surface area contributed by atoms with Crippen molar-refractivity contribution < 1.29 is 27.4 Å². The molecule has 6 nitrogen and oxygen atoms in total. The fourth-order valence-corrected chi connectivity index (χ4v) is 2.57. The molecule has 0 N–H and O–H groups in total.